The average Bonchev–Trinajstić information content (AvgIpc) is 2.80. The molecule has 0 aromatic rings. The highest BCUT2D eigenvalue weighted by Gasteiger charge is 2.23. The van der Waals surface area contributed by atoms with Crippen LogP contribution in [-0.2, 0) is 0 Å². The number of aliphatic hydroxyl groups is 1. The Hall–Kier alpha value is -0.0800. The van der Waals surface area contributed by atoms with Gasteiger partial charge in [0.05, 0.1) is 6.10 Å². The number of piperidine rings is 1. The molecule has 0 aromatic heterocycles. The zero-order chi connectivity index (χ0) is 11.4. The number of nitrogens with zero attached hydrogens (tertiary/aromatic N) is 1. The summed E-state index contributed by atoms with van der Waals surface area (Å²) in [6.07, 6.45) is 9.60. The number of hydrogen-bond acceptors (Lipinski definition) is 2. The van der Waals surface area contributed by atoms with Gasteiger partial charge in [0.15, 0.2) is 0 Å². The van der Waals surface area contributed by atoms with Crippen molar-refractivity contribution in [3.63, 3.8) is 0 Å². The first-order chi connectivity index (χ1) is 7.75. The molecule has 2 rings (SSSR count). The zero-order valence-electron chi connectivity index (χ0n) is 10.7. The van der Waals surface area contributed by atoms with Crippen molar-refractivity contribution >= 4 is 0 Å². The van der Waals surface area contributed by atoms with Crippen molar-refractivity contribution in [1.29, 1.82) is 0 Å². The van der Waals surface area contributed by atoms with Crippen molar-refractivity contribution in [2.75, 3.05) is 19.6 Å². The molecule has 1 unspecified atom stereocenters. The fourth-order valence-corrected chi connectivity index (χ4v) is 3.32. The molecule has 0 bridgehead atoms. The van der Waals surface area contributed by atoms with E-state index in [1.165, 1.54) is 64.6 Å². The third-order valence-electron chi connectivity index (χ3n) is 4.64. The highest BCUT2D eigenvalue weighted by molar-refractivity contribution is 4.76. The second kappa shape index (κ2) is 6.02. The first-order valence-electron chi connectivity index (χ1n) is 7.16. The summed E-state index contributed by atoms with van der Waals surface area (Å²) >= 11 is 0. The molecule has 2 heteroatoms. The molecule has 16 heavy (non-hydrogen) atoms. The lowest BCUT2D eigenvalue weighted by atomic mass is 9.92. The Morgan fingerprint density at radius 2 is 1.75 bits per heavy atom. The predicted molar refractivity (Wildman–Crippen MR) is 67.4 cm³/mol. The smallest absolute Gasteiger partial charge is 0.0541 e. The lowest BCUT2D eigenvalue weighted by molar-refractivity contribution is 0.0700. The van der Waals surface area contributed by atoms with Gasteiger partial charge in [0.1, 0.15) is 0 Å². The van der Waals surface area contributed by atoms with E-state index in [9.17, 15) is 5.11 Å². The molecule has 1 saturated heterocycles. The Labute approximate surface area is 100 Å². The summed E-state index contributed by atoms with van der Waals surface area (Å²) in [6, 6.07) is 0. The monoisotopic (exact) mass is 225 g/mol. The maximum atomic E-state index is 9.55. The van der Waals surface area contributed by atoms with Crippen LogP contribution in [-0.4, -0.2) is 35.7 Å². The van der Waals surface area contributed by atoms with Crippen LogP contribution in [0.2, 0.25) is 0 Å². The molecule has 1 saturated carbocycles. The quantitative estimate of drug-likeness (QED) is 0.795. The summed E-state index contributed by atoms with van der Waals surface area (Å²) in [7, 11) is 0. The molecule has 1 atom stereocenters. The molecule has 2 fully saturated rings. The lowest BCUT2D eigenvalue weighted by Crippen LogP contribution is -2.37. The highest BCUT2D eigenvalue weighted by atomic mass is 16.3. The van der Waals surface area contributed by atoms with Crippen molar-refractivity contribution in [3.8, 4) is 0 Å². The zero-order valence-corrected chi connectivity index (χ0v) is 10.7. The largest absolute Gasteiger partial charge is 0.393 e. The molecule has 1 heterocycles. The minimum atomic E-state index is -0.100. The maximum absolute atomic E-state index is 9.55. The standard InChI is InChI=1S/C14H27NO/c1-12(16)14-7-10-15(11-8-14)9-6-13-4-2-3-5-13/h12-14,16H,2-11H2,1H3. The van der Waals surface area contributed by atoms with Crippen LogP contribution < -0.4 is 0 Å². The van der Waals surface area contributed by atoms with E-state index in [4.69, 9.17) is 0 Å². The Morgan fingerprint density at radius 3 is 2.31 bits per heavy atom. The topological polar surface area (TPSA) is 23.5 Å². The van der Waals surface area contributed by atoms with Gasteiger partial charge in [-0.1, -0.05) is 25.7 Å². The van der Waals surface area contributed by atoms with E-state index in [-0.39, 0.29) is 6.10 Å². The molecule has 1 N–H and O–H groups in total. The Morgan fingerprint density at radius 1 is 1.12 bits per heavy atom. The summed E-state index contributed by atoms with van der Waals surface area (Å²) < 4.78 is 0. The predicted octanol–water partition coefficient (Wildman–Crippen LogP) is 2.66. The molecule has 94 valence electrons. The van der Waals surface area contributed by atoms with Gasteiger partial charge >= 0.3 is 0 Å². The van der Waals surface area contributed by atoms with Gasteiger partial charge in [-0.25, -0.2) is 0 Å². The highest BCUT2D eigenvalue weighted by Crippen LogP contribution is 2.28. The van der Waals surface area contributed by atoms with E-state index < -0.39 is 0 Å². The van der Waals surface area contributed by atoms with Crippen LogP contribution >= 0.6 is 0 Å². The summed E-state index contributed by atoms with van der Waals surface area (Å²) in [5.74, 6) is 1.58. The normalized spacial score (nSPS) is 27.4. The third-order valence-corrected chi connectivity index (χ3v) is 4.64. The first-order valence-corrected chi connectivity index (χ1v) is 7.16. The van der Waals surface area contributed by atoms with E-state index in [0.29, 0.717) is 5.92 Å². The van der Waals surface area contributed by atoms with Gasteiger partial charge < -0.3 is 10.0 Å². The maximum Gasteiger partial charge on any atom is 0.0541 e. The lowest BCUT2D eigenvalue weighted by Gasteiger charge is -2.33. The molecule has 0 amide bonds. The Kier molecular flexibility index (Phi) is 4.66. The van der Waals surface area contributed by atoms with Crippen LogP contribution in [0.15, 0.2) is 0 Å². The van der Waals surface area contributed by atoms with Crippen molar-refractivity contribution in [2.45, 2.75) is 58.0 Å². The molecule has 1 aliphatic carbocycles. The van der Waals surface area contributed by atoms with E-state index in [0.717, 1.165) is 5.92 Å². The third kappa shape index (κ3) is 3.46. The van der Waals surface area contributed by atoms with Gasteiger partial charge in [0.25, 0.3) is 0 Å². The van der Waals surface area contributed by atoms with Crippen molar-refractivity contribution in [2.24, 2.45) is 11.8 Å². The van der Waals surface area contributed by atoms with Gasteiger partial charge in [-0.15, -0.1) is 0 Å². The molecule has 0 aromatic carbocycles. The molecule has 2 nitrogen and oxygen atoms in total. The average molecular weight is 225 g/mol. The van der Waals surface area contributed by atoms with Gasteiger partial charge in [-0.3, -0.25) is 0 Å². The molecular formula is C14H27NO. The summed E-state index contributed by atoms with van der Waals surface area (Å²) in [5, 5.41) is 9.55. The molecule has 0 spiro atoms. The fourth-order valence-electron chi connectivity index (χ4n) is 3.32. The molecule has 0 radical (unpaired) electrons. The number of aliphatic hydroxyl groups excluding tert-OH is 1. The molecule has 1 aliphatic heterocycles. The molecular weight excluding hydrogens is 198 g/mol. The van der Waals surface area contributed by atoms with Crippen LogP contribution in [0, 0.1) is 11.8 Å². The Bertz CT molecular complexity index is 191. The van der Waals surface area contributed by atoms with E-state index >= 15 is 0 Å². The van der Waals surface area contributed by atoms with Crippen LogP contribution in [0.5, 0.6) is 0 Å². The van der Waals surface area contributed by atoms with Gasteiger partial charge in [0, 0.05) is 0 Å². The summed E-state index contributed by atoms with van der Waals surface area (Å²) in [4.78, 5) is 2.61. The van der Waals surface area contributed by atoms with E-state index in [2.05, 4.69) is 4.90 Å². The second-order valence-corrected chi connectivity index (χ2v) is 5.86. The molecule has 2 aliphatic rings. The van der Waals surface area contributed by atoms with E-state index in [1.807, 2.05) is 6.92 Å². The number of hydrogen-bond donors (Lipinski definition) is 1. The number of likely N-dealkylation sites (tertiary alicyclic amines) is 1. The second-order valence-electron chi connectivity index (χ2n) is 5.86. The van der Waals surface area contributed by atoms with Gasteiger partial charge in [-0.2, -0.15) is 0 Å². The van der Waals surface area contributed by atoms with Crippen LogP contribution in [0.1, 0.15) is 51.9 Å². The van der Waals surface area contributed by atoms with E-state index in [1.54, 1.807) is 0 Å². The van der Waals surface area contributed by atoms with Crippen molar-refractivity contribution in [1.82, 2.24) is 4.90 Å². The summed E-state index contributed by atoms with van der Waals surface area (Å²) in [5.41, 5.74) is 0. The SMILES string of the molecule is CC(O)C1CCN(CCC2CCCC2)CC1. The van der Waals surface area contributed by atoms with Crippen LogP contribution in [0.25, 0.3) is 0 Å². The number of rotatable bonds is 4. The fraction of sp³-hybridized carbons (Fsp3) is 1.00. The van der Waals surface area contributed by atoms with Gasteiger partial charge in [-0.05, 0) is 57.7 Å². The Balaban J connectivity index is 1.61. The van der Waals surface area contributed by atoms with Crippen molar-refractivity contribution < 1.29 is 5.11 Å². The minimum Gasteiger partial charge on any atom is -0.393 e. The first kappa shape index (κ1) is 12.4. The van der Waals surface area contributed by atoms with Gasteiger partial charge in [0.2, 0.25) is 0 Å². The van der Waals surface area contributed by atoms with Crippen molar-refractivity contribution in [3.05, 3.63) is 0 Å². The van der Waals surface area contributed by atoms with Crippen LogP contribution in [0.3, 0.4) is 0 Å². The summed E-state index contributed by atoms with van der Waals surface area (Å²) in [6.45, 7) is 5.67. The minimum absolute atomic E-state index is 0.100. The van der Waals surface area contributed by atoms with Crippen LogP contribution in [0.4, 0.5) is 0 Å².